The number of benzene rings is 1. The average molecular weight is 341 g/mol. The number of rotatable bonds is 4. The molecule has 8 heteroatoms. The van der Waals surface area contributed by atoms with Gasteiger partial charge in [-0.05, 0) is 49.0 Å². The third-order valence-corrected chi connectivity index (χ3v) is 4.53. The summed E-state index contributed by atoms with van der Waals surface area (Å²) in [5.74, 6) is 0.969. The topological polar surface area (TPSA) is 69.6 Å². The first-order valence-electron chi connectivity index (χ1n) is 7.31. The highest BCUT2D eigenvalue weighted by Gasteiger charge is 2.17. The molecule has 0 spiro atoms. The SMILES string of the molecule is CCn1c(Sc2ncnc3ccc(F)cc23)nnc1-c1ccco1. The number of fused-ring (bicyclic) bond motifs is 1. The lowest BCUT2D eigenvalue weighted by Crippen LogP contribution is -1.99. The number of furan rings is 1. The fraction of sp³-hybridized carbons (Fsp3) is 0.125. The normalized spacial score (nSPS) is 11.2. The molecule has 0 aliphatic heterocycles. The molecular weight excluding hydrogens is 329 g/mol. The van der Waals surface area contributed by atoms with E-state index >= 15 is 0 Å². The van der Waals surface area contributed by atoms with Crippen LogP contribution in [-0.4, -0.2) is 24.7 Å². The summed E-state index contributed by atoms with van der Waals surface area (Å²) in [4.78, 5) is 8.44. The lowest BCUT2D eigenvalue weighted by Gasteiger charge is -2.07. The molecule has 0 N–H and O–H groups in total. The maximum Gasteiger partial charge on any atom is 0.200 e. The third kappa shape index (κ3) is 2.54. The van der Waals surface area contributed by atoms with E-state index in [1.165, 1.54) is 30.2 Å². The van der Waals surface area contributed by atoms with Gasteiger partial charge in [0.1, 0.15) is 17.2 Å². The Morgan fingerprint density at radius 2 is 2.12 bits per heavy atom. The Kier molecular flexibility index (Phi) is 3.73. The van der Waals surface area contributed by atoms with Crippen molar-refractivity contribution in [2.75, 3.05) is 0 Å². The van der Waals surface area contributed by atoms with E-state index in [1.807, 2.05) is 17.6 Å². The Hall–Kier alpha value is -2.74. The Morgan fingerprint density at radius 3 is 2.92 bits per heavy atom. The molecule has 0 saturated carbocycles. The molecular formula is C16H12FN5OS. The van der Waals surface area contributed by atoms with Crippen molar-refractivity contribution in [3.63, 3.8) is 0 Å². The van der Waals surface area contributed by atoms with Crippen molar-refractivity contribution in [2.45, 2.75) is 23.7 Å². The number of aromatic nitrogens is 5. The van der Waals surface area contributed by atoms with E-state index in [0.717, 1.165) is 0 Å². The molecule has 0 radical (unpaired) electrons. The first kappa shape index (κ1) is 14.8. The average Bonchev–Trinajstić information content (AvgIpc) is 3.24. The second kappa shape index (κ2) is 6.04. The van der Waals surface area contributed by atoms with Crippen molar-refractivity contribution < 1.29 is 8.81 Å². The quantitative estimate of drug-likeness (QED) is 0.526. The predicted octanol–water partition coefficient (Wildman–Crippen LogP) is 3.79. The number of hydrogen-bond donors (Lipinski definition) is 0. The minimum atomic E-state index is -0.326. The van der Waals surface area contributed by atoms with Crippen molar-refractivity contribution in [3.8, 4) is 11.6 Å². The van der Waals surface area contributed by atoms with Crippen molar-refractivity contribution >= 4 is 22.7 Å². The van der Waals surface area contributed by atoms with Gasteiger partial charge in [-0.1, -0.05) is 0 Å². The molecule has 6 nitrogen and oxygen atoms in total. The summed E-state index contributed by atoms with van der Waals surface area (Å²) in [6, 6.07) is 8.08. The van der Waals surface area contributed by atoms with Gasteiger partial charge in [0, 0.05) is 11.9 Å². The number of nitrogens with zero attached hydrogens (tertiary/aromatic N) is 5. The molecule has 0 atom stereocenters. The molecule has 4 rings (SSSR count). The van der Waals surface area contributed by atoms with Gasteiger partial charge in [0.15, 0.2) is 16.7 Å². The van der Waals surface area contributed by atoms with Crippen LogP contribution < -0.4 is 0 Å². The van der Waals surface area contributed by atoms with E-state index in [-0.39, 0.29) is 5.82 Å². The molecule has 3 aromatic heterocycles. The van der Waals surface area contributed by atoms with E-state index in [2.05, 4.69) is 20.2 Å². The van der Waals surface area contributed by atoms with Gasteiger partial charge in [0.25, 0.3) is 0 Å². The van der Waals surface area contributed by atoms with Gasteiger partial charge < -0.3 is 4.42 Å². The molecule has 0 fully saturated rings. The zero-order valence-corrected chi connectivity index (χ0v) is 13.5. The van der Waals surface area contributed by atoms with Gasteiger partial charge >= 0.3 is 0 Å². The monoisotopic (exact) mass is 341 g/mol. The molecule has 0 aliphatic rings. The highest BCUT2D eigenvalue weighted by molar-refractivity contribution is 7.99. The molecule has 0 saturated heterocycles. The van der Waals surface area contributed by atoms with Crippen LogP contribution in [0.4, 0.5) is 4.39 Å². The van der Waals surface area contributed by atoms with Crippen molar-refractivity contribution in [1.29, 1.82) is 0 Å². The van der Waals surface area contributed by atoms with E-state index in [9.17, 15) is 4.39 Å². The van der Waals surface area contributed by atoms with Crippen LogP contribution in [0.25, 0.3) is 22.5 Å². The predicted molar refractivity (Wildman–Crippen MR) is 87.0 cm³/mol. The fourth-order valence-corrected chi connectivity index (χ4v) is 3.36. The van der Waals surface area contributed by atoms with E-state index < -0.39 is 0 Å². The van der Waals surface area contributed by atoms with Gasteiger partial charge in [-0.3, -0.25) is 4.57 Å². The molecule has 120 valence electrons. The van der Waals surface area contributed by atoms with Crippen LogP contribution in [0, 0.1) is 5.82 Å². The van der Waals surface area contributed by atoms with E-state index in [0.29, 0.717) is 39.2 Å². The molecule has 1 aromatic carbocycles. The second-order valence-corrected chi connectivity index (χ2v) is 5.93. The summed E-state index contributed by atoms with van der Waals surface area (Å²) in [5.41, 5.74) is 0.683. The molecule has 0 aliphatic carbocycles. The van der Waals surface area contributed by atoms with Gasteiger partial charge in [0.05, 0.1) is 11.8 Å². The fourth-order valence-electron chi connectivity index (χ4n) is 2.41. The lowest BCUT2D eigenvalue weighted by atomic mass is 10.2. The summed E-state index contributed by atoms with van der Waals surface area (Å²) < 4.78 is 20.9. The van der Waals surface area contributed by atoms with Crippen LogP contribution in [-0.2, 0) is 6.54 Å². The molecule has 0 bridgehead atoms. The summed E-state index contributed by atoms with van der Waals surface area (Å²) in [7, 11) is 0. The standard InChI is InChI=1S/C16H12FN5OS/c1-2-22-14(13-4-3-7-23-13)20-21-16(22)24-15-11-8-10(17)5-6-12(11)18-9-19-15/h3-9H,2H2,1H3. The lowest BCUT2D eigenvalue weighted by molar-refractivity contribution is 0.567. The molecule has 4 aromatic rings. The Balaban J connectivity index is 1.78. The zero-order valence-electron chi connectivity index (χ0n) is 12.7. The van der Waals surface area contributed by atoms with E-state index in [1.54, 1.807) is 18.4 Å². The first-order chi connectivity index (χ1) is 11.8. The summed E-state index contributed by atoms with van der Waals surface area (Å²) in [5, 5.41) is 10.4. The third-order valence-electron chi connectivity index (χ3n) is 3.52. The van der Waals surface area contributed by atoms with Crippen molar-refractivity contribution in [2.24, 2.45) is 0 Å². The summed E-state index contributed by atoms with van der Waals surface area (Å²) >= 11 is 1.33. The maximum absolute atomic E-state index is 13.6. The van der Waals surface area contributed by atoms with Crippen LogP contribution in [0.1, 0.15) is 6.92 Å². The second-order valence-electron chi connectivity index (χ2n) is 4.97. The van der Waals surface area contributed by atoms with Gasteiger partial charge in [-0.2, -0.15) is 0 Å². The highest BCUT2D eigenvalue weighted by atomic mass is 32.2. The molecule has 0 unspecified atom stereocenters. The Morgan fingerprint density at radius 1 is 1.21 bits per heavy atom. The zero-order chi connectivity index (χ0) is 16.5. The van der Waals surface area contributed by atoms with E-state index in [4.69, 9.17) is 4.42 Å². The largest absolute Gasteiger partial charge is 0.461 e. The molecule has 0 amide bonds. The van der Waals surface area contributed by atoms with Crippen molar-refractivity contribution in [1.82, 2.24) is 24.7 Å². The van der Waals surface area contributed by atoms with Gasteiger partial charge in [-0.15, -0.1) is 10.2 Å². The molecule has 3 heterocycles. The van der Waals surface area contributed by atoms with Gasteiger partial charge in [0.2, 0.25) is 0 Å². The Bertz CT molecular complexity index is 999. The van der Waals surface area contributed by atoms with Gasteiger partial charge in [-0.25, -0.2) is 14.4 Å². The van der Waals surface area contributed by atoms with Crippen LogP contribution in [0.2, 0.25) is 0 Å². The van der Waals surface area contributed by atoms with Crippen molar-refractivity contribution in [3.05, 3.63) is 48.7 Å². The highest BCUT2D eigenvalue weighted by Crippen LogP contribution is 2.32. The summed E-state index contributed by atoms with van der Waals surface area (Å²) in [6.07, 6.45) is 3.06. The van der Waals surface area contributed by atoms with Crippen LogP contribution >= 0.6 is 11.8 Å². The minimum Gasteiger partial charge on any atom is -0.461 e. The summed E-state index contributed by atoms with van der Waals surface area (Å²) in [6.45, 7) is 2.67. The van der Waals surface area contributed by atoms with Crippen LogP contribution in [0.15, 0.2) is 57.5 Å². The van der Waals surface area contributed by atoms with Crippen LogP contribution in [0.3, 0.4) is 0 Å². The number of hydrogen-bond acceptors (Lipinski definition) is 6. The maximum atomic E-state index is 13.6. The molecule has 24 heavy (non-hydrogen) atoms. The smallest absolute Gasteiger partial charge is 0.200 e. The number of halogens is 1. The van der Waals surface area contributed by atoms with Crippen LogP contribution in [0.5, 0.6) is 0 Å². The minimum absolute atomic E-state index is 0.326. The Labute approximate surface area is 140 Å². The first-order valence-corrected chi connectivity index (χ1v) is 8.13.